The molecule has 0 aromatic heterocycles. The lowest BCUT2D eigenvalue weighted by atomic mass is 9.87. The maximum absolute atomic E-state index is 3.68. The van der Waals surface area contributed by atoms with Gasteiger partial charge in [0.15, 0.2) is 0 Å². The molecule has 1 unspecified atom stereocenters. The quantitative estimate of drug-likeness (QED) is 0.841. The molecular weight excluding hydrogens is 226 g/mol. The second-order valence-corrected chi connectivity index (χ2v) is 7.05. The molecule has 1 atom stereocenters. The lowest BCUT2D eigenvalue weighted by Crippen LogP contribution is -2.35. The van der Waals surface area contributed by atoms with Gasteiger partial charge in [0.2, 0.25) is 0 Å². The van der Waals surface area contributed by atoms with Crippen molar-refractivity contribution < 1.29 is 0 Å². The third-order valence-corrected chi connectivity index (χ3v) is 5.11. The number of anilines is 1. The van der Waals surface area contributed by atoms with Crippen molar-refractivity contribution in [2.24, 2.45) is 5.41 Å². The average molecular weight is 249 g/mol. The summed E-state index contributed by atoms with van der Waals surface area (Å²) in [5.74, 6) is 2.52. The Morgan fingerprint density at radius 1 is 1.24 bits per heavy atom. The summed E-state index contributed by atoms with van der Waals surface area (Å²) in [4.78, 5) is 0. The number of rotatable bonds is 2. The summed E-state index contributed by atoms with van der Waals surface area (Å²) in [5, 5.41) is 3.68. The Morgan fingerprint density at radius 2 is 2.00 bits per heavy atom. The Bertz CT molecular complexity index is 398. The zero-order valence-electron chi connectivity index (χ0n) is 11.3. The van der Waals surface area contributed by atoms with Gasteiger partial charge in [0.05, 0.1) is 0 Å². The van der Waals surface area contributed by atoms with Gasteiger partial charge in [-0.3, -0.25) is 0 Å². The van der Waals surface area contributed by atoms with Gasteiger partial charge < -0.3 is 5.32 Å². The SMILES string of the molecule is Cc1ccc(NC2CSCC(C)(C)C2)cc1C. The van der Waals surface area contributed by atoms with E-state index in [0.717, 1.165) is 0 Å². The molecule has 0 radical (unpaired) electrons. The fraction of sp³-hybridized carbons (Fsp3) is 0.600. The minimum Gasteiger partial charge on any atom is -0.381 e. The predicted molar refractivity (Wildman–Crippen MR) is 79.0 cm³/mol. The van der Waals surface area contributed by atoms with Gasteiger partial charge in [-0.05, 0) is 54.7 Å². The van der Waals surface area contributed by atoms with E-state index in [0.29, 0.717) is 11.5 Å². The molecule has 1 heterocycles. The second kappa shape index (κ2) is 4.93. The first-order valence-electron chi connectivity index (χ1n) is 6.38. The molecule has 1 aliphatic heterocycles. The lowest BCUT2D eigenvalue weighted by molar-refractivity contribution is 0.358. The van der Waals surface area contributed by atoms with Crippen LogP contribution in [0.25, 0.3) is 0 Å². The normalized spacial score (nSPS) is 23.4. The van der Waals surface area contributed by atoms with E-state index in [2.05, 4.69) is 63.0 Å². The highest BCUT2D eigenvalue weighted by atomic mass is 32.2. The largest absolute Gasteiger partial charge is 0.381 e. The molecular formula is C15H23NS. The third kappa shape index (κ3) is 3.41. The number of nitrogens with one attached hydrogen (secondary N) is 1. The molecule has 0 aliphatic carbocycles. The predicted octanol–water partition coefficient (Wildman–Crippen LogP) is 4.25. The van der Waals surface area contributed by atoms with Crippen molar-refractivity contribution >= 4 is 17.4 Å². The van der Waals surface area contributed by atoms with E-state index in [1.807, 2.05) is 0 Å². The topological polar surface area (TPSA) is 12.0 Å². The van der Waals surface area contributed by atoms with Crippen LogP contribution in [0.3, 0.4) is 0 Å². The smallest absolute Gasteiger partial charge is 0.0357 e. The number of aryl methyl sites for hydroxylation is 2. The van der Waals surface area contributed by atoms with Gasteiger partial charge >= 0.3 is 0 Å². The number of benzene rings is 1. The van der Waals surface area contributed by atoms with Crippen LogP contribution < -0.4 is 5.32 Å². The van der Waals surface area contributed by atoms with Crippen molar-refractivity contribution in [3.8, 4) is 0 Å². The molecule has 1 fully saturated rings. The van der Waals surface area contributed by atoms with Gasteiger partial charge in [-0.15, -0.1) is 0 Å². The van der Waals surface area contributed by atoms with Gasteiger partial charge in [-0.1, -0.05) is 19.9 Å². The number of thioether (sulfide) groups is 1. The van der Waals surface area contributed by atoms with Crippen molar-refractivity contribution in [3.63, 3.8) is 0 Å². The van der Waals surface area contributed by atoms with Crippen LogP contribution >= 0.6 is 11.8 Å². The fourth-order valence-electron chi connectivity index (χ4n) is 2.42. The minimum atomic E-state index is 0.473. The zero-order valence-corrected chi connectivity index (χ0v) is 12.2. The van der Waals surface area contributed by atoms with Crippen molar-refractivity contribution in [1.29, 1.82) is 0 Å². The standard InChI is InChI=1S/C15H23NS/c1-11-5-6-13(7-12(11)2)16-14-8-15(3,4)10-17-9-14/h5-7,14,16H,8-10H2,1-4H3. The Kier molecular flexibility index (Phi) is 3.72. The van der Waals surface area contributed by atoms with Gasteiger partial charge in [0, 0.05) is 17.5 Å². The molecule has 1 aromatic carbocycles. The lowest BCUT2D eigenvalue weighted by Gasteiger charge is -2.35. The van der Waals surface area contributed by atoms with Crippen molar-refractivity contribution in [1.82, 2.24) is 0 Å². The molecule has 0 spiro atoms. The molecule has 1 aromatic rings. The Morgan fingerprint density at radius 3 is 2.65 bits per heavy atom. The van der Waals surface area contributed by atoms with Crippen LogP contribution in [0, 0.1) is 19.3 Å². The van der Waals surface area contributed by atoms with Crippen LogP contribution in [0.1, 0.15) is 31.4 Å². The van der Waals surface area contributed by atoms with Gasteiger partial charge in [0.1, 0.15) is 0 Å². The Labute approximate surface area is 109 Å². The highest BCUT2D eigenvalue weighted by Crippen LogP contribution is 2.34. The maximum Gasteiger partial charge on any atom is 0.0357 e. The van der Waals surface area contributed by atoms with Gasteiger partial charge in [-0.25, -0.2) is 0 Å². The first kappa shape index (κ1) is 12.8. The number of hydrogen-bond acceptors (Lipinski definition) is 2. The molecule has 94 valence electrons. The first-order valence-corrected chi connectivity index (χ1v) is 7.53. The van der Waals surface area contributed by atoms with E-state index in [9.17, 15) is 0 Å². The van der Waals surface area contributed by atoms with Crippen LogP contribution in [-0.2, 0) is 0 Å². The van der Waals surface area contributed by atoms with E-state index in [1.165, 1.54) is 34.7 Å². The summed E-state index contributed by atoms with van der Waals surface area (Å²) in [7, 11) is 0. The van der Waals surface area contributed by atoms with E-state index < -0.39 is 0 Å². The Hall–Kier alpha value is -0.630. The molecule has 2 rings (SSSR count). The Balaban J connectivity index is 2.03. The molecule has 1 nitrogen and oxygen atoms in total. The van der Waals surface area contributed by atoms with Crippen LogP contribution in [0.4, 0.5) is 5.69 Å². The number of hydrogen-bond donors (Lipinski definition) is 1. The molecule has 17 heavy (non-hydrogen) atoms. The molecule has 1 aliphatic rings. The first-order chi connectivity index (χ1) is 7.96. The van der Waals surface area contributed by atoms with Crippen LogP contribution in [-0.4, -0.2) is 17.5 Å². The van der Waals surface area contributed by atoms with E-state index >= 15 is 0 Å². The average Bonchev–Trinajstić information content (AvgIpc) is 2.22. The third-order valence-electron chi connectivity index (χ3n) is 3.49. The fourth-order valence-corrected chi connectivity index (χ4v) is 3.70. The van der Waals surface area contributed by atoms with Gasteiger partial charge in [0.25, 0.3) is 0 Å². The molecule has 0 amide bonds. The minimum absolute atomic E-state index is 0.473. The van der Waals surface area contributed by atoms with Crippen LogP contribution in [0.2, 0.25) is 0 Å². The summed E-state index contributed by atoms with van der Waals surface area (Å²) in [6.07, 6.45) is 1.27. The summed E-state index contributed by atoms with van der Waals surface area (Å²) in [6.45, 7) is 9.08. The molecule has 0 saturated carbocycles. The van der Waals surface area contributed by atoms with Crippen molar-refractivity contribution in [2.75, 3.05) is 16.8 Å². The molecule has 1 saturated heterocycles. The van der Waals surface area contributed by atoms with E-state index in [1.54, 1.807) is 0 Å². The maximum atomic E-state index is 3.68. The summed E-state index contributed by atoms with van der Waals surface area (Å²) >= 11 is 2.07. The molecule has 0 bridgehead atoms. The van der Waals surface area contributed by atoms with E-state index in [4.69, 9.17) is 0 Å². The zero-order chi connectivity index (χ0) is 12.5. The summed E-state index contributed by atoms with van der Waals surface area (Å²) < 4.78 is 0. The highest BCUT2D eigenvalue weighted by Gasteiger charge is 2.28. The highest BCUT2D eigenvalue weighted by molar-refractivity contribution is 7.99. The van der Waals surface area contributed by atoms with E-state index in [-0.39, 0.29) is 0 Å². The second-order valence-electron chi connectivity index (χ2n) is 6.02. The van der Waals surface area contributed by atoms with Gasteiger partial charge in [-0.2, -0.15) is 11.8 Å². The molecule has 1 N–H and O–H groups in total. The van der Waals surface area contributed by atoms with Crippen molar-refractivity contribution in [3.05, 3.63) is 29.3 Å². The van der Waals surface area contributed by atoms with Crippen LogP contribution in [0.5, 0.6) is 0 Å². The molecule has 2 heteroatoms. The monoisotopic (exact) mass is 249 g/mol. The van der Waals surface area contributed by atoms with Crippen molar-refractivity contribution in [2.45, 2.75) is 40.2 Å². The summed E-state index contributed by atoms with van der Waals surface area (Å²) in [5.41, 5.74) is 4.49. The van der Waals surface area contributed by atoms with Crippen LogP contribution in [0.15, 0.2) is 18.2 Å². The summed E-state index contributed by atoms with van der Waals surface area (Å²) in [6, 6.07) is 7.29.